The van der Waals surface area contributed by atoms with Crippen molar-refractivity contribution < 1.29 is 19.2 Å². The van der Waals surface area contributed by atoms with Gasteiger partial charge in [-0.25, -0.2) is 5.48 Å². The van der Waals surface area contributed by atoms with Gasteiger partial charge >= 0.3 is 0 Å². The van der Waals surface area contributed by atoms with Gasteiger partial charge < -0.3 is 10.1 Å². The van der Waals surface area contributed by atoms with Gasteiger partial charge in [0, 0.05) is 5.69 Å². The summed E-state index contributed by atoms with van der Waals surface area (Å²) in [4.78, 5) is 28.4. The van der Waals surface area contributed by atoms with Gasteiger partial charge in [0.25, 0.3) is 5.91 Å². The SMILES string of the molecule is COc1ccc(NC(=O)CONC(=O)Cc2ccc(C)cc2)cc1. The van der Waals surface area contributed by atoms with Crippen LogP contribution in [0.4, 0.5) is 5.69 Å². The van der Waals surface area contributed by atoms with E-state index in [-0.39, 0.29) is 24.8 Å². The summed E-state index contributed by atoms with van der Waals surface area (Å²) in [5, 5.41) is 2.65. The second kappa shape index (κ2) is 8.69. The summed E-state index contributed by atoms with van der Waals surface area (Å²) in [6.45, 7) is 1.71. The van der Waals surface area contributed by atoms with Gasteiger partial charge in [-0.15, -0.1) is 0 Å². The molecule has 2 rings (SSSR count). The Hall–Kier alpha value is -2.86. The summed E-state index contributed by atoms with van der Waals surface area (Å²) in [6, 6.07) is 14.5. The van der Waals surface area contributed by atoms with E-state index in [1.54, 1.807) is 31.4 Å². The predicted octanol–water partition coefficient (Wildman–Crippen LogP) is 2.23. The van der Waals surface area contributed by atoms with Gasteiger partial charge in [-0.2, -0.15) is 0 Å². The summed E-state index contributed by atoms with van der Waals surface area (Å²) in [7, 11) is 1.57. The van der Waals surface area contributed by atoms with Crippen molar-refractivity contribution in [1.82, 2.24) is 5.48 Å². The van der Waals surface area contributed by atoms with Gasteiger partial charge in [-0.3, -0.25) is 14.4 Å². The molecule has 0 saturated heterocycles. The highest BCUT2D eigenvalue weighted by atomic mass is 16.7. The zero-order chi connectivity index (χ0) is 17.4. The fourth-order valence-corrected chi connectivity index (χ4v) is 1.98. The number of methoxy groups -OCH3 is 1. The van der Waals surface area contributed by atoms with Crippen molar-refractivity contribution in [1.29, 1.82) is 0 Å². The molecular formula is C18H20N2O4. The Kier molecular flexibility index (Phi) is 6.33. The summed E-state index contributed by atoms with van der Waals surface area (Å²) in [6.07, 6.45) is 0.195. The minimum atomic E-state index is -0.365. The average molecular weight is 328 g/mol. The van der Waals surface area contributed by atoms with Crippen LogP contribution < -0.4 is 15.5 Å². The summed E-state index contributed by atoms with van der Waals surface area (Å²) in [5.74, 6) is 0.0273. The van der Waals surface area contributed by atoms with Gasteiger partial charge in [0.2, 0.25) is 5.91 Å². The van der Waals surface area contributed by atoms with E-state index in [1.165, 1.54) is 0 Å². The number of rotatable bonds is 7. The van der Waals surface area contributed by atoms with Gasteiger partial charge in [0.15, 0.2) is 6.61 Å². The lowest BCUT2D eigenvalue weighted by molar-refractivity contribution is -0.136. The molecule has 2 aromatic rings. The number of aryl methyl sites for hydroxylation is 1. The molecule has 0 aliphatic heterocycles. The smallest absolute Gasteiger partial charge is 0.253 e. The maximum Gasteiger partial charge on any atom is 0.253 e. The maximum absolute atomic E-state index is 11.7. The Morgan fingerprint density at radius 1 is 0.958 bits per heavy atom. The molecule has 0 aliphatic carbocycles. The number of hydroxylamine groups is 1. The average Bonchev–Trinajstić information content (AvgIpc) is 2.57. The van der Waals surface area contributed by atoms with Crippen molar-refractivity contribution in [3.8, 4) is 5.75 Å². The number of hydrogen-bond acceptors (Lipinski definition) is 4. The van der Waals surface area contributed by atoms with E-state index in [0.717, 1.165) is 11.1 Å². The van der Waals surface area contributed by atoms with Gasteiger partial charge in [0.05, 0.1) is 13.5 Å². The third-order valence-corrected chi connectivity index (χ3v) is 3.25. The largest absolute Gasteiger partial charge is 0.497 e. The number of carbonyl (C=O) groups is 2. The van der Waals surface area contributed by atoms with Crippen LogP contribution in [-0.4, -0.2) is 25.5 Å². The number of benzene rings is 2. The molecule has 6 heteroatoms. The van der Waals surface area contributed by atoms with Crippen LogP contribution in [0.15, 0.2) is 48.5 Å². The quantitative estimate of drug-likeness (QED) is 0.764. The van der Waals surface area contributed by atoms with E-state index >= 15 is 0 Å². The third-order valence-electron chi connectivity index (χ3n) is 3.25. The fraction of sp³-hybridized carbons (Fsp3) is 0.222. The Morgan fingerprint density at radius 3 is 2.25 bits per heavy atom. The van der Waals surface area contributed by atoms with Crippen LogP contribution in [0.5, 0.6) is 5.75 Å². The number of nitrogens with one attached hydrogen (secondary N) is 2. The molecule has 0 atom stereocenters. The summed E-state index contributed by atoms with van der Waals surface area (Å²) >= 11 is 0. The molecule has 0 spiro atoms. The molecule has 0 unspecified atom stereocenters. The Bertz CT molecular complexity index is 681. The third kappa shape index (κ3) is 5.73. The molecule has 24 heavy (non-hydrogen) atoms. The first kappa shape index (κ1) is 17.5. The normalized spacial score (nSPS) is 10.1. The summed E-state index contributed by atoms with van der Waals surface area (Å²) in [5.41, 5.74) is 4.89. The maximum atomic E-state index is 11.7. The molecular weight excluding hydrogens is 308 g/mol. The van der Waals surface area contributed by atoms with Crippen LogP contribution in [0.2, 0.25) is 0 Å². The fourth-order valence-electron chi connectivity index (χ4n) is 1.98. The van der Waals surface area contributed by atoms with Crippen molar-refractivity contribution in [2.75, 3.05) is 19.0 Å². The highest BCUT2D eigenvalue weighted by molar-refractivity contribution is 5.91. The molecule has 0 fully saturated rings. The molecule has 0 radical (unpaired) electrons. The van der Waals surface area contributed by atoms with Crippen LogP contribution in [0.3, 0.4) is 0 Å². The van der Waals surface area contributed by atoms with Crippen molar-refractivity contribution in [2.24, 2.45) is 0 Å². The van der Waals surface area contributed by atoms with Crippen molar-refractivity contribution >= 4 is 17.5 Å². The number of anilines is 1. The first-order valence-corrected chi connectivity index (χ1v) is 7.47. The predicted molar refractivity (Wildman–Crippen MR) is 90.6 cm³/mol. The van der Waals surface area contributed by atoms with E-state index < -0.39 is 0 Å². The zero-order valence-electron chi connectivity index (χ0n) is 13.7. The monoisotopic (exact) mass is 328 g/mol. The summed E-state index contributed by atoms with van der Waals surface area (Å²) < 4.78 is 5.04. The van der Waals surface area contributed by atoms with Crippen molar-refractivity contribution in [2.45, 2.75) is 13.3 Å². The van der Waals surface area contributed by atoms with E-state index in [2.05, 4.69) is 10.8 Å². The van der Waals surface area contributed by atoms with Crippen molar-refractivity contribution in [3.05, 3.63) is 59.7 Å². The second-order valence-electron chi connectivity index (χ2n) is 5.25. The van der Waals surface area contributed by atoms with E-state index in [4.69, 9.17) is 9.57 Å². The number of carbonyl (C=O) groups excluding carboxylic acids is 2. The van der Waals surface area contributed by atoms with E-state index in [0.29, 0.717) is 11.4 Å². The molecule has 2 N–H and O–H groups in total. The molecule has 0 saturated carbocycles. The highest BCUT2D eigenvalue weighted by Crippen LogP contribution is 2.14. The Balaban J connectivity index is 1.69. The van der Waals surface area contributed by atoms with Gasteiger partial charge in [-0.05, 0) is 36.8 Å². The van der Waals surface area contributed by atoms with Crippen LogP contribution in [0, 0.1) is 6.92 Å². The Labute approximate surface area is 140 Å². The van der Waals surface area contributed by atoms with Crippen LogP contribution in [-0.2, 0) is 20.8 Å². The van der Waals surface area contributed by atoms with E-state index in [9.17, 15) is 9.59 Å². The minimum Gasteiger partial charge on any atom is -0.497 e. The molecule has 126 valence electrons. The number of ether oxygens (including phenoxy) is 1. The standard InChI is InChI=1S/C18H20N2O4/c1-13-3-5-14(6-4-13)11-17(21)20-24-12-18(22)19-15-7-9-16(23-2)10-8-15/h3-10H,11-12H2,1-2H3,(H,19,22)(H,20,21). The zero-order valence-corrected chi connectivity index (χ0v) is 13.7. The lowest BCUT2D eigenvalue weighted by atomic mass is 10.1. The molecule has 0 aliphatic rings. The van der Waals surface area contributed by atoms with E-state index in [1.807, 2.05) is 31.2 Å². The van der Waals surface area contributed by atoms with Gasteiger partial charge in [-0.1, -0.05) is 29.8 Å². The Morgan fingerprint density at radius 2 is 1.62 bits per heavy atom. The minimum absolute atomic E-state index is 0.195. The number of amides is 2. The second-order valence-corrected chi connectivity index (χ2v) is 5.25. The molecule has 0 aromatic heterocycles. The lowest BCUT2D eigenvalue weighted by Crippen LogP contribution is -2.30. The van der Waals surface area contributed by atoms with Crippen LogP contribution >= 0.6 is 0 Å². The molecule has 2 amide bonds. The number of hydrogen-bond donors (Lipinski definition) is 2. The highest BCUT2D eigenvalue weighted by Gasteiger charge is 2.06. The van der Waals surface area contributed by atoms with Crippen LogP contribution in [0.25, 0.3) is 0 Å². The topological polar surface area (TPSA) is 76.7 Å². The molecule has 6 nitrogen and oxygen atoms in total. The first-order valence-electron chi connectivity index (χ1n) is 7.47. The molecule has 0 bridgehead atoms. The van der Waals surface area contributed by atoms with Crippen LogP contribution in [0.1, 0.15) is 11.1 Å². The first-order chi connectivity index (χ1) is 11.6. The molecule has 0 heterocycles. The molecule has 2 aromatic carbocycles. The van der Waals surface area contributed by atoms with Crippen molar-refractivity contribution in [3.63, 3.8) is 0 Å². The van der Waals surface area contributed by atoms with Gasteiger partial charge in [0.1, 0.15) is 5.75 Å². The lowest BCUT2D eigenvalue weighted by Gasteiger charge is -2.08.